The van der Waals surface area contributed by atoms with Crippen molar-refractivity contribution < 1.29 is 19.1 Å². The lowest BCUT2D eigenvalue weighted by Crippen LogP contribution is -2.56. The Hall–Kier alpha value is -2.73. The van der Waals surface area contributed by atoms with Gasteiger partial charge in [0.05, 0.1) is 12.0 Å². The van der Waals surface area contributed by atoms with Crippen molar-refractivity contribution in [2.45, 2.75) is 44.6 Å². The molecule has 3 rings (SSSR count). The molecule has 1 aliphatic rings. The summed E-state index contributed by atoms with van der Waals surface area (Å²) in [5.41, 5.74) is 5.31. The van der Waals surface area contributed by atoms with Gasteiger partial charge in [-0.05, 0) is 68.7 Å². The van der Waals surface area contributed by atoms with Crippen LogP contribution in [0.1, 0.15) is 38.7 Å². The molecule has 0 aliphatic heterocycles. The maximum atomic E-state index is 12.8. The number of carbonyl (C=O) groups is 2. The van der Waals surface area contributed by atoms with Crippen LogP contribution in [0.25, 0.3) is 0 Å². The second-order valence-electron chi connectivity index (χ2n) is 7.05. The first-order chi connectivity index (χ1) is 13.9. The van der Waals surface area contributed by atoms with E-state index in [0.29, 0.717) is 17.4 Å². The molecule has 0 saturated heterocycles. The van der Waals surface area contributed by atoms with E-state index in [1.807, 2.05) is 19.1 Å². The summed E-state index contributed by atoms with van der Waals surface area (Å²) in [6, 6.07) is 14.3. The number of hydrogen-bond donors (Lipinski definition) is 2. The Kier molecular flexibility index (Phi) is 6.64. The zero-order valence-electron chi connectivity index (χ0n) is 16.5. The Balaban J connectivity index is 1.55. The first-order valence-corrected chi connectivity index (χ1v) is 10.1. The van der Waals surface area contributed by atoms with Crippen LogP contribution in [-0.2, 0) is 15.0 Å². The first kappa shape index (κ1) is 21.0. The van der Waals surface area contributed by atoms with E-state index < -0.39 is 17.4 Å². The van der Waals surface area contributed by atoms with Crippen LogP contribution in [0.3, 0.4) is 0 Å². The van der Waals surface area contributed by atoms with Gasteiger partial charge in [0.1, 0.15) is 11.5 Å². The molecule has 0 heterocycles. The fourth-order valence-corrected chi connectivity index (χ4v) is 3.45. The van der Waals surface area contributed by atoms with Gasteiger partial charge in [-0.2, -0.15) is 0 Å². The first-order valence-electron chi connectivity index (χ1n) is 9.70. The van der Waals surface area contributed by atoms with Crippen molar-refractivity contribution in [2.24, 2.45) is 0 Å². The molecule has 2 aromatic rings. The van der Waals surface area contributed by atoms with Gasteiger partial charge in [0.15, 0.2) is 6.10 Å². The summed E-state index contributed by atoms with van der Waals surface area (Å²) in [5, 5.41) is 0.622. The van der Waals surface area contributed by atoms with E-state index in [1.54, 1.807) is 43.3 Å². The van der Waals surface area contributed by atoms with Crippen molar-refractivity contribution in [3.63, 3.8) is 0 Å². The molecule has 2 aromatic carbocycles. The van der Waals surface area contributed by atoms with Crippen molar-refractivity contribution in [1.29, 1.82) is 0 Å². The molecule has 1 unspecified atom stereocenters. The van der Waals surface area contributed by atoms with Crippen LogP contribution in [0, 0.1) is 0 Å². The van der Waals surface area contributed by atoms with E-state index >= 15 is 0 Å². The van der Waals surface area contributed by atoms with Crippen molar-refractivity contribution in [3.05, 3.63) is 59.1 Å². The number of hydrogen-bond acceptors (Lipinski definition) is 4. The lowest BCUT2D eigenvalue weighted by atomic mass is 9.64. The minimum absolute atomic E-state index is 0.229. The van der Waals surface area contributed by atoms with E-state index in [1.165, 1.54) is 0 Å². The van der Waals surface area contributed by atoms with Crippen LogP contribution >= 0.6 is 11.6 Å². The summed E-state index contributed by atoms with van der Waals surface area (Å²) in [4.78, 5) is 25.1. The second-order valence-corrected chi connectivity index (χ2v) is 7.49. The number of hydrazine groups is 1. The number of halogens is 1. The third kappa shape index (κ3) is 4.82. The third-order valence-corrected chi connectivity index (χ3v) is 5.41. The van der Waals surface area contributed by atoms with Crippen molar-refractivity contribution in [3.8, 4) is 11.5 Å². The number of amides is 2. The SMILES string of the molecule is CCOc1ccc(OC(C)C(=O)NNC(=O)C2(c3ccc(Cl)cc3)CCC2)cc1. The Morgan fingerprint density at radius 1 is 1.03 bits per heavy atom. The Morgan fingerprint density at radius 2 is 1.66 bits per heavy atom. The summed E-state index contributed by atoms with van der Waals surface area (Å²) in [5.74, 6) is 0.613. The number of benzene rings is 2. The lowest BCUT2D eigenvalue weighted by Gasteiger charge is -2.40. The van der Waals surface area contributed by atoms with E-state index in [0.717, 1.165) is 30.6 Å². The number of ether oxygens (including phenoxy) is 2. The smallest absolute Gasteiger partial charge is 0.279 e. The van der Waals surface area contributed by atoms with Crippen LogP contribution < -0.4 is 20.3 Å². The number of carbonyl (C=O) groups excluding carboxylic acids is 2. The van der Waals surface area contributed by atoms with E-state index in [9.17, 15) is 9.59 Å². The fraction of sp³-hybridized carbons (Fsp3) is 0.364. The predicted molar refractivity (Wildman–Crippen MR) is 111 cm³/mol. The van der Waals surface area contributed by atoms with Crippen molar-refractivity contribution in [2.75, 3.05) is 6.61 Å². The van der Waals surface area contributed by atoms with Crippen LogP contribution in [0.4, 0.5) is 0 Å². The quantitative estimate of drug-likeness (QED) is 0.673. The average molecular weight is 417 g/mol. The van der Waals surface area contributed by atoms with Gasteiger partial charge in [0, 0.05) is 5.02 Å². The molecule has 6 nitrogen and oxygen atoms in total. The monoisotopic (exact) mass is 416 g/mol. The molecule has 7 heteroatoms. The standard InChI is InChI=1S/C22H25ClN2O4/c1-3-28-18-9-11-19(12-10-18)29-15(2)20(26)24-25-21(27)22(13-4-14-22)16-5-7-17(23)8-6-16/h5-12,15H,3-4,13-14H2,1-2H3,(H,24,26)(H,25,27). The number of nitrogens with one attached hydrogen (secondary N) is 2. The molecule has 154 valence electrons. The molecular weight excluding hydrogens is 392 g/mol. The zero-order chi connectivity index (χ0) is 20.9. The molecule has 2 N–H and O–H groups in total. The Morgan fingerprint density at radius 3 is 2.21 bits per heavy atom. The normalized spacial score (nSPS) is 15.6. The fourth-order valence-electron chi connectivity index (χ4n) is 3.32. The molecule has 0 aromatic heterocycles. The highest BCUT2D eigenvalue weighted by Gasteiger charge is 2.45. The van der Waals surface area contributed by atoms with Crippen LogP contribution in [0.2, 0.25) is 5.02 Å². The van der Waals surface area contributed by atoms with Gasteiger partial charge in [0.25, 0.3) is 5.91 Å². The van der Waals surface area contributed by atoms with Gasteiger partial charge >= 0.3 is 0 Å². The molecule has 1 aliphatic carbocycles. The van der Waals surface area contributed by atoms with Gasteiger partial charge in [-0.25, -0.2) is 0 Å². The lowest BCUT2D eigenvalue weighted by molar-refractivity contribution is -0.137. The Labute approximate surface area is 175 Å². The zero-order valence-corrected chi connectivity index (χ0v) is 17.3. The predicted octanol–water partition coefficient (Wildman–Crippen LogP) is 3.78. The van der Waals surface area contributed by atoms with E-state index in [4.69, 9.17) is 21.1 Å². The topological polar surface area (TPSA) is 76.7 Å². The maximum Gasteiger partial charge on any atom is 0.279 e. The van der Waals surface area contributed by atoms with Crippen LogP contribution in [-0.4, -0.2) is 24.5 Å². The van der Waals surface area contributed by atoms with Gasteiger partial charge < -0.3 is 9.47 Å². The highest BCUT2D eigenvalue weighted by Crippen LogP contribution is 2.44. The van der Waals surface area contributed by atoms with Crippen molar-refractivity contribution in [1.82, 2.24) is 10.9 Å². The Bertz CT molecular complexity index is 848. The molecule has 1 saturated carbocycles. The summed E-state index contributed by atoms with van der Waals surface area (Å²) in [7, 11) is 0. The van der Waals surface area contributed by atoms with Gasteiger partial charge in [-0.1, -0.05) is 30.2 Å². The highest BCUT2D eigenvalue weighted by atomic mass is 35.5. The molecule has 1 fully saturated rings. The van der Waals surface area contributed by atoms with Gasteiger partial charge in [-0.15, -0.1) is 0 Å². The highest BCUT2D eigenvalue weighted by molar-refractivity contribution is 6.30. The minimum atomic E-state index is -0.777. The molecule has 1 atom stereocenters. The minimum Gasteiger partial charge on any atom is -0.494 e. The maximum absolute atomic E-state index is 12.8. The third-order valence-electron chi connectivity index (χ3n) is 5.15. The van der Waals surface area contributed by atoms with E-state index in [-0.39, 0.29) is 5.91 Å². The average Bonchev–Trinajstić information content (AvgIpc) is 2.68. The molecule has 0 bridgehead atoms. The summed E-state index contributed by atoms with van der Waals surface area (Å²) < 4.78 is 11.0. The molecule has 0 radical (unpaired) electrons. The van der Waals surface area contributed by atoms with Crippen LogP contribution in [0.5, 0.6) is 11.5 Å². The molecule has 0 spiro atoms. The number of rotatable bonds is 7. The summed E-state index contributed by atoms with van der Waals surface area (Å²) >= 11 is 5.95. The second kappa shape index (κ2) is 9.18. The van der Waals surface area contributed by atoms with Gasteiger partial charge in [-0.3, -0.25) is 20.4 Å². The van der Waals surface area contributed by atoms with E-state index in [2.05, 4.69) is 10.9 Å². The molecule has 29 heavy (non-hydrogen) atoms. The van der Waals surface area contributed by atoms with Crippen molar-refractivity contribution >= 4 is 23.4 Å². The summed E-state index contributed by atoms with van der Waals surface area (Å²) in [6.07, 6.45) is 1.64. The van der Waals surface area contributed by atoms with Crippen LogP contribution in [0.15, 0.2) is 48.5 Å². The molecular formula is C22H25ClN2O4. The molecule has 2 amide bonds. The summed E-state index contributed by atoms with van der Waals surface area (Å²) in [6.45, 7) is 4.11. The van der Waals surface area contributed by atoms with Gasteiger partial charge in [0.2, 0.25) is 5.91 Å². The largest absolute Gasteiger partial charge is 0.494 e.